The van der Waals surface area contributed by atoms with Crippen LogP contribution in [0.15, 0.2) is 54.6 Å². The zero-order chi connectivity index (χ0) is 13.7. The molecule has 0 saturated heterocycles. The molecule has 0 radical (unpaired) electrons. The number of hydrogen-bond donors (Lipinski definition) is 1. The van der Waals surface area contributed by atoms with Gasteiger partial charge in [0.15, 0.2) is 0 Å². The first-order valence-corrected chi connectivity index (χ1v) is 6.33. The monoisotopic (exact) mass is 271 g/mol. The summed E-state index contributed by atoms with van der Waals surface area (Å²) in [6.07, 6.45) is 3.28. The van der Waals surface area contributed by atoms with Crippen molar-refractivity contribution in [3.8, 4) is 0 Å². The average Bonchev–Trinajstić information content (AvgIpc) is 2.42. The molecule has 0 saturated carbocycles. The van der Waals surface area contributed by atoms with Gasteiger partial charge in [0.2, 0.25) is 5.91 Å². The number of aryl methyl sites for hydroxylation is 1. The maximum Gasteiger partial charge on any atom is 0.248 e. The maximum atomic E-state index is 11.8. The van der Waals surface area contributed by atoms with Crippen LogP contribution in [0.25, 0.3) is 6.08 Å². The highest BCUT2D eigenvalue weighted by Crippen LogP contribution is 2.20. The number of benzene rings is 2. The zero-order valence-electron chi connectivity index (χ0n) is 10.6. The molecule has 2 rings (SSSR count). The first-order valence-electron chi connectivity index (χ1n) is 5.95. The second-order valence-corrected chi connectivity index (χ2v) is 4.63. The summed E-state index contributed by atoms with van der Waals surface area (Å²) in [5.74, 6) is -0.172. The summed E-state index contributed by atoms with van der Waals surface area (Å²) in [5.41, 5.74) is 2.70. The summed E-state index contributed by atoms with van der Waals surface area (Å²) in [6.45, 7) is 1.92. The molecule has 0 aliphatic rings. The molecule has 96 valence electrons. The van der Waals surface area contributed by atoms with Gasteiger partial charge in [-0.05, 0) is 36.3 Å². The van der Waals surface area contributed by atoms with Gasteiger partial charge in [-0.1, -0.05) is 48.0 Å². The molecule has 0 fully saturated rings. The van der Waals surface area contributed by atoms with Crippen molar-refractivity contribution in [2.45, 2.75) is 6.92 Å². The van der Waals surface area contributed by atoms with E-state index in [0.29, 0.717) is 5.02 Å². The Morgan fingerprint density at radius 3 is 2.63 bits per heavy atom. The fourth-order valence-corrected chi connectivity index (χ4v) is 1.81. The largest absolute Gasteiger partial charge is 0.322 e. The van der Waals surface area contributed by atoms with Crippen molar-refractivity contribution in [2.24, 2.45) is 0 Å². The third kappa shape index (κ3) is 3.97. The molecular weight excluding hydrogens is 258 g/mol. The second-order valence-electron chi connectivity index (χ2n) is 4.19. The van der Waals surface area contributed by atoms with E-state index >= 15 is 0 Å². The van der Waals surface area contributed by atoms with Gasteiger partial charge in [0.05, 0.1) is 0 Å². The molecule has 0 heterocycles. The molecule has 2 aromatic rings. The minimum atomic E-state index is -0.172. The number of halogens is 1. The van der Waals surface area contributed by atoms with Gasteiger partial charge < -0.3 is 5.32 Å². The van der Waals surface area contributed by atoms with E-state index in [4.69, 9.17) is 11.6 Å². The lowest BCUT2D eigenvalue weighted by molar-refractivity contribution is -0.111. The van der Waals surface area contributed by atoms with E-state index in [2.05, 4.69) is 5.32 Å². The Morgan fingerprint density at radius 2 is 1.89 bits per heavy atom. The summed E-state index contributed by atoms with van der Waals surface area (Å²) in [6, 6.07) is 15.1. The second kappa shape index (κ2) is 6.21. The van der Waals surface area contributed by atoms with Crippen LogP contribution in [0.2, 0.25) is 5.02 Å². The highest BCUT2D eigenvalue weighted by atomic mass is 35.5. The predicted octanol–water partition coefficient (Wildman–Crippen LogP) is 4.30. The minimum absolute atomic E-state index is 0.172. The van der Waals surface area contributed by atoms with E-state index in [1.807, 2.05) is 43.3 Å². The summed E-state index contributed by atoms with van der Waals surface area (Å²) in [7, 11) is 0. The molecule has 0 aliphatic heterocycles. The Labute approximate surface area is 117 Å². The van der Waals surface area contributed by atoms with Gasteiger partial charge >= 0.3 is 0 Å². The first kappa shape index (κ1) is 13.4. The summed E-state index contributed by atoms with van der Waals surface area (Å²) in [5, 5.41) is 3.42. The smallest absolute Gasteiger partial charge is 0.248 e. The van der Waals surface area contributed by atoms with Gasteiger partial charge in [0, 0.05) is 16.8 Å². The number of carbonyl (C=O) groups excluding carboxylic acids is 1. The highest BCUT2D eigenvalue weighted by Gasteiger charge is 2.02. The van der Waals surface area contributed by atoms with E-state index in [1.165, 1.54) is 6.08 Å². The van der Waals surface area contributed by atoms with Crippen LogP contribution in [-0.2, 0) is 4.79 Å². The molecule has 2 nitrogen and oxygen atoms in total. The van der Waals surface area contributed by atoms with Crippen LogP contribution in [0, 0.1) is 6.92 Å². The maximum absolute atomic E-state index is 11.8. The number of hydrogen-bond acceptors (Lipinski definition) is 1. The molecule has 0 aliphatic carbocycles. The number of rotatable bonds is 3. The lowest BCUT2D eigenvalue weighted by Gasteiger charge is -2.06. The van der Waals surface area contributed by atoms with Crippen LogP contribution in [0.4, 0.5) is 5.69 Å². The Balaban J connectivity index is 2.06. The highest BCUT2D eigenvalue weighted by molar-refractivity contribution is 6.31. The van der Waals surface area contributed by atoms with Crippen LogP contribution in [-0.4, -0.2) is 5.91 Å². The Bertz CT molecular complexity index is 605. The van der Waals surface area contributed by atoms with E-state index in [1.54, 1.807) is 18.2 Å². The molecule has 2 aromatic carbocycles. The van der Waals surface area contributed by atoms with Crippen molar-refractivity contribution in [3.05, 3.63) is 70.8 Å². The van der Waals surface area contributed by atoms with E-state index in [-0.39, 0.29) is 5.91 Å². The Morgan fingerprint density at radius 1 is 1.16 bits per heavy atom. The summed E-state index contributed by atoms with van der Waals surface area (Å²) < 4.78 is 0. The van der Waals surface area contributed by atoms with E-state index in [9.17, 15) is 4.79 Å². The average molecular weight is 272 g/mol. The SMILES string of the molecule is Cc1ccc(Cl)cc1NC(=O)/C=C\c1ccccc1. The normalized spacial score (nSPS) is 10.6. The third-order valence-electron chi connectivity index (χ3n) is 2.68. The number of carbonyl (C=O) groups is 1. The molecule has 0 aromatic heterocycles. The van der Waals surface area contributed by atoms with Crippen molar-refractivity contribution >= 4 is 29.3 Å². The molecular formula is C16H14ClNO. The van der Waals surface area contributed by atoms with Crippen LogP contribution >= 0.6 is 11.6 Å². The van der Waals surface area contributed by atoms with Crippen LogP contribution in [0.3, 0.4) is 0 Å². The van der Waals surface area contributed by atoms with Crippen LogP contribution < -0.4 is 5.32 Å². The van der Waals surface area contributed by atoms with Crippen molar-refractivity contribution in [2.75, 3.05) is 5.32 Å². The van der Waals surface area contributed by atoms with Gasteiger partial charge in [-0.15, -0.1) is 0 Å². The van der Waals surface area contributed by atoms with Gasteiger partial charge in [-0.25, -0.2) is 0 Å². The molecule has 0 spiro atoms. The number of amides is 1. The number of anilines is 1. The lowest BCUT2D eigenvalue weighted by Crippen LogP contribution is -2.08. The molecule has 3 heteroatoms. The Kier molecular flexibility index (Phi) is 4.37. The quantitative estimate of drug-likeness (QED) is 0.829. The van der Waals surface area contributed by atoms with E-state index < -0.39 is 0 Å². The van der Waals surface area contributed by atoms with Gasteiger partial charge in [0.1, 0.15) is 0 Å². The molecule has 1 N–H and O–H groups in total. The third-order valence-corrected chi connectivity index (χ3v) is 2.92. The Hall–Kier alpha value is -2.06. The molecule has 1 amide bonds. The standard InChI is InChI=1S/C16H14ClNO/c1-12-7-9-14(17)11-15(12)18-16(19)10-8-13-5-3-2-4-6-13/h2-11H,1H3,(H,18,19)/b10-8-. The van der Waals surface area contributed by atoms with Crippen molar-refractivity contribution in [1.29, 1.82) is 0 Å². The van der Waals surface area contributed by atoms with Crippen LogP contribution in [0.1, 0.15) is 11.1 Å². The van der Waals surface area contributed by atoms with Gasteiger partial charge in [-0.3, -0.25) is 4.79 Å². The molecule has 0 bridgehead atoms. The van der Waals surface area contributed by atoms with Gasteiger partial charge in [-0.2, -0.15) is 0 Å². The summed E-state index contributed by atoms with van der Waals surface area (Å²) in [4.78, 5) is 11.8. The molecule has 0 atom stereocenters. The lowest BCUT2D eigenvalue weighted by atomic mass is 10.2. The topological polar surface area (TPSA) is 29.1 Å². The fourth-order valence-electron chi connectivity index (χ4n) is 1.64. The van der Waals surface area contributed by atoms with Crippen LogP contribution in [0.5, 0.6) is 0 Å². The fraction of sp³-hybridized carbons (Fsp3) is 0.0625. The zero-order valence-corrected chi connectivity index (χ0v) is 11.3. The van der Waals surface area contributed by atoms with Crippen molar-refractivity contribution in [1.82, 2.24) is 0 Å². The number of nitrogens with one attached hydrogen (secondary N) is 1. The minimum Gasteiger partial charge on any atom is -0.322 e. The van der Waals surface area contributed by atoms with Gasteiger partial charge in [0.25, 0.3) is 0 Å². The van der Waals surface area contributed by atoms with Crippen molar-refractivity contribution in [3.63, 3.8) is 0 Å². The first-order chi connectivity index (χ1) is 9.15. The molecule has 0 unspecified atom stereocenters. The predicted molar refractivity (Wildman–Crippen MR) is 80.3 cm³/mol. The van der Waals surface area contributed by atoms with Crippen molar-refractivity contribution < 1.29 is 4.79 Å². The summed E-state index contributed by atoms with van der Waals surface area (Å²) >= 11 is 5.90. The molecule has 19 heavy (non-hydrogen) atoms. The van der Waals surface area contributed by atoms with E-state index in [0.717, 1.165) is 16.8 Å².